The molecule has 0 bridgehead atoms. The molecule has 0 heterocycles. The van der Waals surface area contributed by atoms with Crippen molar-refractivity contribution in [3.8, 4) is 17.2 Å². The fraction of sp³-hybridized carbons (Fsp3) is 0.635. The van der Waals surface area contributed by atoms with Gasteiger partial charge in [0.25, 0.3) is 0 Å². The molecule has 0 radical (unpaired) electrons. The normalized spacial score (nSPS) is 11.0. The highest BCUT2D eigenvalue weighted by atomic mass is 32.2. The van der Waals surface area contributed by atoms with Gasteiger partial charge < -0.3 is 29.2 Å². The lowest BCUT2D eigenvalue weighted by atomic mass is 10.1. The van der Waals surface area contributed by atoms with Crippen molar-refractivity contribution in [3.63, 3.8) is 0 Å². The quantitative estimate of drug-likeness (QED) is 0.0464. The summed E-state index contributed by atoms with van der Waals surface area (Å²) in [4.78, 5) is 12.1. The summed E-state index contributed by atoms with van der Waals surface area (Å²) in [5, 5.41) is 15.3. The van der Waals surface area contributed by atoms with Crippen molar-refractivity contribution in [1.29, 1.82) is 0 Å². The molecule has 0 aliphatic carbocycles. The average molecular weight is 835 g/mol. The number of carbonyl (C=O) groups is 1. The van der Waals surface area contributed by atoms with E-state index < -0.39 is 17.1 Å². The van der Waals surface area contributed by atoms with Crippen LogP contribution in [0.25, 0.3) is 0 Å². The van der Waals surface area contributed by atoms with Gasteiger partial charge in [-0.15, -0.1) is 0 Å². The molecule has 0 spiro atoms. The van der Waals surface area contributed by atoms with Crippen molar-refractivity contribution in [2.24, 2.45) is 0 Å². The van der Waals surface area contributed by atoms with Crippen molar-refractivity contribution in [1.82, 2.24) is 0 Å². The van der Waals surface area contributed by atoms with Gasteiger partial charge >= 0.3 is 0 Å². The standard InChI is InChI=1S/C51H81O3S.CH2O3/c1-4-7-10-13-16-19-22-25-34-41-52-46-44-49(53-42-35-26-23-20-17-14-11-8-5-2)51(50(45-46)54-43-36-27-24-21-18-15-12-9-6-3)55(47-37-30-28-31-38-47)48-39-32-29-33-40-48;2-1(3)4/h28-33,37-40,44-45H,4-27,34-36,41-43H2,1-3H3;(H2,2,3,4)/q+1;/p-1. The summed E-state index contributed by atoms with van der Waals surface area (Å²) >= 11 is 0. The molecule has 6 nitrogen and oxygen atoms in total. The highest BCUT2D eigenvalue weighted by Gasteiger charge is 2.37. The lowest BCUT2D eigenvalue weighted by Crippen LogP contribution is -2.17. The highest BCUT2D eigenvalue weighted by molar-refractivity contribution is 7.97. The van der Waals surface area contributed by atoms with Crippen molar-refractivity contribution in [2.75, 3.05) is 19.8 Å². The Labute approximate surface area is 363 Å². The predicted molar refractivity (Wildman–Crippen MR) is 248 cm³/mol. The summed E-state index contributed by atoms with van der Waals surface area (Å²) in [5.74, 6) is 2.71. The summed E-state index contributed by atoms with van der Waals surface area (Å²) in [7, 11) is -0.395. The summed E-state index contributed by atoms with van der Waals surface area (Å²) in [6, 6.07) is 26.3. The molecule has 0 aliphatic rings. The van der Waals surface area contributed by atoms with Crippen LogP contribution in [0.1, 0.15) is 194 Å². The Bertz CT molecular complexity index is 1310. The number of hydrogen-bond donors (Lipinski definition) is 1. The molecule has 0 aliphatic heterocycles. The third-order valence-electron chi connectivity index (χ3n) is 10.7. The minimum absolute atomic E-state index is 0.395. The van der Waals surface area contributed by atoms with Gasteiger partial charge in [0, 0.05) is 12.1 Å². The minimum atomic E-state index is -2.08. The number of ether oxygens (including phenoxy) is 3. The van der Waals surface area contributed by atoms with E-state index in [1.165, 1.54) is 164 Å². The molecular formula is C52H82O6S. The molecule has 0 saturated carbocycles. The van der Waals surface area contributed by atoms with Crippen LogP contribution in [0.4, 0.5) is 4.79 Å². The maximum Gasteiger partial charge on any atom is 0.250 e. The van der Waals surface area contributed by atoms with E-state index in [1.54, 1.807) is 0 Å². The zero-order chi connectivity index (χ0) is 42.4. The first kappa shape index (κ1) is 51.8. The topological polar surface area (TPSA) is 88.1 Å². The van der Waals surface area contributed by atoms with Crippen LogP contribution in [0.15, 0.2) is 87.5 Å². The average Bonchev–Trinajstić information content (AvgIpc) is 3.24. The first-order valence-corrected chi connectivity index (χ1v) is 25.0. The third-order valence-corrected chi connectivity index (χ3v) is 13.0. The monoisotopic (exact) mass is 835 g/mol. The molecule has 7 heteroatoms. The number of hydrogen-bond acceptors (Lipinski definition) is 5. The largest absolute Gasteiger partial charge is 0.565 e. The predicted octanol–water partition coefficient (Wildman–Crippen LogP) is 15.4. The first-order valence-electron chi connectivity index (χ1n) is 23.8. The van der Waals surface area contributed by atoms with Gasteiger partial charge in [0.05, 0.1) is 19.8 Å². The van der Waals surface area contributed by atoms with Crippen molar-refractivity contribution < 1.29 is 29.2 Å². The number of carboxylic acid groups (broad SMARTS) is 2. The van der Waals surface area contributed by atoms with Gasteiger partial charge in [-0.05, 0) is 43.5 Å². The maximum absolute atomic E-state index is 8.44. The first-order chi connectivity index (χ1) is 29.0. The van der Waals surface area contributed by atoms with Crippen LogP contribution in [0.3, 0.4) is 0 Å². The van der Waals surface area contributed by atoms with Gasteiger partial charge in [-0.1, -0.05) is 211 Å². The molecule has 59 heavy (non-hydrogen) atoms. The highest BCUT2D eigenvalue weighted by Crippen LogP contribution is 2.45. The van der Waals surface area contributed by atoms with Gasteiger partial charge in [-0.25, -0.2) is 0 Å². The fourth-order valence-corrected chi connectivity index (χ4v) is 9.57. The molecule has 0 atom stereocenters. The van der Waals surface area contributed by atoms with Crippen LogP contribution in [0.5, 0.6) is 17.2 Å². The van der Waals surface area contributed by atoms with Crippen molar-refractivity contribution in [2.45, 2.75) is 209 Å². The van der Waals surface area contributed by atoms with E-state index in [2.05, 4.69) is 93.6 Å². The zero-order valence-corrected chi connectivity index (χ0v) is 38.4. The minimum Gasteiger partial charge on any atom is -0.565 e. The van der Waals surface area contributed by atoms with E-state index in [4.69, 9.17) is 29.2 Å². The van der Waals surface area contributed by atoms with Crippen LogP contribution in [0, 0.1) is 0 Å². The molecule has 3 aromatic carbocycles. The Hall–Kier alpha value is -3.32. The van der Waals surface area contributed by atoms with Crippen molar-refractivity contribution in [3.05, 3.63) is 72.8 Å². The van der Waals surface area contributed by atoms with Gasteiger partial charge in [0.2, 0.25) is 11.1 Å². The van der Waals surface area contributed by atoms with E-state index in [9.17, 15) is 0 Å². The van der Waals surface area contributed by atoms with Gasteiger partial charge in [-0.2, -0.15) is 0 Å². The Morgan fingerprint density at radius 3 is 1.03 bits per heavy atom. The van der Waals surface area contributed by atoms with Gasteiger partial charge in [0.15, 0.2) is 21.3 Å². The lowest BCUT2D eigenvalue weighted by molar-refractivity contribution is -0.275. The van der Waals surface area contributed by atoms with E-state index in [-0.39, 0.29) is 0 Å². The molecule has 0 amide bonds. The second-order valence-electron chi connectivity index (χ2n) is 16.0. The SMILES string of the molecule is CCCCCCCCCCCOc1cc(OCCCCCCCCCCC)c([S+](c2ccccc2)c2ccccc2)c(OCCCCCCCCCCC)c1.O=C([O-])O. The molecule has 332 valence electrons. The fourth-order valence-electron chi connectivity index (χ4n) is 7.33. The van der Waals surface area contributed by atoms with E-state index in [1.807, 2.05) is 0 Å². The molecule has 3 aromatic rings. The summed E-state index contributed by atoms with van der Waals surface area (Å²) in [5.41, 5.74) is 0. The smallest absolute Gasteiger partial charge is 0.250 e. The Morgan fingerprint density at radius 1 is 0.458 bits per heavy atom. The van der Waals surface area contributed by atoms with Gasteiger partial charge in [-0.3, -0.25) is 0 Å². The molecular weight excluding hydrogens is 753 g/mol. The van der Waals surface area contributed by atoms with Crippen LogP contribution in [-0.2, 0) is 10.9 Å². The summed E-state index contributed by atoms with van der Waals surface area (Å²) in [6.45, 7) is 9.03. The Morgan fingerprint density at radius 2 is 0.729 bits per heavy atom. The summed E-state index contributed by atoms with van der Waals surface area (Å²) in [6.07, 6.45) is 33.1. The van der Waals surface area contributed by atoms with Crippen LogP contribution >= 0.6 is 0 Å². The number of unbranched alkanes of at least 4 members (excludes halogenated alkanes) is 24. The van der Waals surface area contributed by atoms with Gasteiger partial charge in [0.1, 0.15) is 16.6 Å². The summed E-state index contributed by atoms with van der Waals surface area (Å²) < 4.78 is 20.2. The van der Waals surface area contributed by atoms with Crippen LogP contribution in [0.2, 0.25) is 0 Å². The zero-order valence-electron chi connectivity index (χ0n) is 37.5. The second kappa shape index (κ2) is 36.5. The maximum atomic E-state index is 8.44. The molecule has 1 N–H and O–H groups in total. The third kappa shape index (κ3) is 25.8. The number of benzene rings is 3. The van der Waals surface area contributed by atoms with Crippen LogP contribution in [-0.4, -0.2) is 31.1 Å². The number of rotatable bonds is 36. The van der Waals surface area contributed by atoms with E-state index in [0.717, 1.165) is 48.0 Å². The molecule has 0 aromatic heterocycles. The van der Waals surface area contributed by atoms with Crippen LogP contribution < -0.4 is 19.3 Å². The van der Waals surface area contributed by atoms with Crippen molar-refractivity contribution >= 4 is 17.1 Å². The van der Waals surface area contributed by atoms with E-state index in [0.29, 0.717) is 13.2 Å². The molecule has 3 rings (SSSR count). The van der Waals surface area contributed by atoms with E-state index >= 15 is 0 Å². The molecule has 0 saturated heterocycles. The lowest BCUT2D eigenvalue weighted by Gasteiger charge is -2.19. The second-order valence-corrected chi connectivity index (χ2v) is 17.9. The Balaban J connectivity index is 0.00000286. The molecule has 0 unspecified atom stereocenters. The molecule has 0 fully saturated rings. The Kier molecular flexibility index (Phi) is 32.1.